The number of methoxy groups -OCH3 is 2. The van der Waals surface area contributed by atoms with Crippen LogP contribution in [0, 0.1) is 0 Å². The standard InChI is InChI=1S/C25H33N3O5/c1-25(2,3)33-24(30)26-15-20(27-18-11-13-19(31-4)14-12-18)21-22(32-5)23(29)28(21)16-17-9-7-6-8-10-17/h6-14,20-22,27H,15-16H2,1-5H3,(H,26,30)/t20-,21+,22-/m1/s1. The number of anilines is 1. The third-order valence-electron chi connectivity index (χ3n) is 5.37. The molecule has 8 heteroatoms. The summed E-state index contributed by atoms with van der Waals surface area (Å²) in [4.78, 5) is 26.9. The first-order valence-corrected chi connectivity index (χ1v) is 11.0. The molecule has 1 aliphatic heterocycles. The van der Waals surface area contributed by atoms with E-state index in [4.69, 9.17) is 14.2 Å². The highest BCUT2D eigenvalue weighted by molar-refractivity contribution is 5.89. The van der Waals surface area contributed by atoms with Crippen LogP contribution in [0.15, 0.2) is 54.6 Å². The van der Waals surface area contributed by atoms with E-state index in [0.717, 1.165) is 17.0 Å². The van der Waals surface area contributed by atoms with E-state index in [2.05, 4.69) is 10.6 Å². The number of hydrogen-bond acceptors (Lipinski definition) is 6. The Hall–Kier alpha value is -3.26. The molecule has 0 bridgehead atoms. The number of benzene rings is 2. The lowest BCUT2D eigenvalue weighted by Gasteiger charge is -2.50. The summed E-state index contributed by atoms with van der Waals surface area (Å²) in [5.41, 5.74) is 1.25. The van der Waals surface area contributed by atoms with E-state index in [0.29, 0.717) is 6.54 Å². The maximum atomic E-state index is 12.8. The number of nitrogens with one attached hydrogen (secondary N) is 2. The lowest BCUT2D eigenvalue weighted by Crippen LogP contribution is -2.71. The van der Waals surface area contributed by atoms with E-state index in [1.807, 2.05) is 75.4 Å². The second-order valence-corrected chi connectivity index (χ2v) is 8.96. The van der Waals surface area contributed by atoms with Gasteiger partial charge in [0.2, 0.25) is 0 Å². The molecule has 2 aromatic carbocycles. The summed E-state index contributed by atoms with van der Waals surface area (Å²) >= 11 is 0. The Morgan fingerprint density at radius 1 is 1.06 bits per heavy atom. The van der Waals surface area contributed by atoms with Gasteiger partial charge in [0.15, 0.2) is 6.10 Å². The number of hydrogen-bond donors (Lipinski definition) is 2. The van der Waals surface area contributed by atoms with Crippen LogP contribution in [0.2, 0.25) is 0 Å². The van der Waals surface area contributed by atoms with Gasteiger partial charge in [0, 0.05) is 25.9 Å². The Labute approximate surface area is 195 Å². The molecule has 0 aromatic heterocycles. The van der Waals surface area contributed by atoms with E-state index in [1.165, 1.54) is 7.11 Å². The predicted molar refractivity (Wildman–Crippen MR) is 126 cm³/mol. The first kappa shape index (κ1) is 24.4. The molecular weight excluding hydrogens is 422 g/mol. The molecule has 1 saturated heterocycles. The zero-order chi connectivity index (χ0) is 24.0. The highest BCUT2D eigenvalue weighted by atomic mass is 16.6. The molecule has 2 N–H and O–H groups in total. The fourth-order valence-corrected chi connectivity index (χ4v) is 3.84. The van der Waals surface area contributed by atoms with E-state index >= 15 is 0 Å². The van der Waals surface area contributed by atoms with E-state index in [-0.39, 0.29) is 24.5 Å². The molecule has 3 atom stereocenters. The first-order valence-electron chi connectivity index (χ1n) is 11.0. The van der Waals surface area contributed by atoms with Crippen molar-refractivity contribution >= 4 is 17.7 Å². The number of β-lactam (4-membered cyclic amide) rings is 1. The molecule has 1 fully saturated rings. The molecule has 1 heterocycles. The molecule has 178 valence electrons. The maximum absolute atomic E-state index is 12.8. The molecule has 0 radical (unpaired) electrons. The number of ether oxygens (including phenoxy) is 3. The van der Waals surface area contributed by atoms with Crippen molar-refractivity contribution in [2.75, 3.05) is 26.1 Å². The van der Waals surface area contributed by atoms with Gasteiger partial charge in [-0.2, -0.15) is 0 Å². The fourth-order valence-electron chi connectivity index (χ4n) is 3.84. The average Bonchev–Trinajstić information content (AvgIpc) is 2.78. The molecule has 3 rings (SSSR count). The number of alkyl carbamates (subject to hydrolysis) is 1. The minimum absolute atomic E-state index is 0.0786. The van der Waals surface area contributed by atoms with Gasteiger partial charge >= 0.3 is 6.09 Å². The molecule has 0 spiro atoms. The molecule has 2 aromatic rings. The van der Waals surface area contributed by atoms with Crippen molar-refractivity contribution in [1.82, 2.24) is 10.2 Å². The van der Waals surface area contributed by atoms with Crippen LogP contribution in [0.25, 0.3) is 0 Å². The second-order valence-electron chi connectivity index (χ2n) is 8.96. The third-order valence-corrected chi connectivity index (χ3v) is 5.37. The lowest BCUT2D eigenvalue weighted by atomic mass is 9.89. The summed E-state index contributed by atoms with van der Waals surface area (Å²) < 4.78 is 16.2. The third kappa shape index (κ3) is 6.38. The Morgan fingerprint density at radius 2 is 1.73 bits per heavy atom. The minimum Gasteiger partial charge on any atom is -0.497 e. The molecule has 33 heavy (non-hydrogen) atoms. The summed E-state index contributed by atoms with van der Waals surface area (Å²) in [5, 5.41) is 6.28. The van der Waals surface area contributed by atoms with Crippen molar-refractivity contribution in [3.05, 3.63) is 60.2 Å². The van der Waals surface area contributed by atoms with E-state index in [1.54, 1.807) is 12.0 Å². The van der Waals surface area contributed by atoms with Crippen molar-refractivity contribution in [3.63, 3.8) is 0 Å². The molecule has 1 aliphatic rings. The molecule has 0 unspecified atom stereocenters. The van der Waals surface area contributed by atoms with Crippen molar-refractivity contribution in [2.45, 2.75) is 51.1 Å². The fraction of sp³-hybridized carbons (Fsp3) is 0.440. The first-order chi connectivity index (χ1) is 15.7. The SMILES string of the molecule is COc1ccc(N[C@H](CNC(=O)OC(C)(C)C)[C@H]2[C@@H](OC)C(=O)N2Cc2ccccc2)cc1. The summed E-state index contributed by atoms with van der Waals surface area (Å²) in [6.45, 7) is 6.13. The number of carbonyl (C=O) groups excluding carboxylic acids is 2. The normalized spacial score (nSPS) is 18.8. The highest BCUT2D eigenvalue weighted by Gasteiger charge is 2.51. The van der Waals surface area contributed by atoms with Crippen LogP contribution in [-0.2, 0) is 20.8 Å². The Morgan fingerprint density at radius 3 is 2.30 bits per heavy atom. The van der Waals surface area contributed by atoms with Gasteiger partial charge < -0.3 is 29.7 Å². The Bertz CT molecular complexity index is 927. The summed E-state index contributed by atoms with van der Waals surface area (Å²) in [7, 11) is 3.14. The number of carbonyl (C=O) groups is 2. The van der Waals surface area contributed by atoms with Gasteiger partial charge in [-0.05, 0) is 50.6 Å². The molecule has 0 saturated carbocycles. The lowest BCUT2D eigenvalue weighted by molar-refractivity contribution is -0.173. The topological polar surface area (TPSA) is 89.1 Å². The highest BCUT2D eigenvalue weighted by Crippen LogP contribution is 2.30. The van der Waals surface area contributed by atoms with Crippen LogP contribution in [-0.4, -0.2) is 61.5 Å². The molecular formula is C25H33N3O5. The summed E-state index contributed by atoms with van der Waals surface area (Å²) in [6.07, 6.45) is -1.12. The van der Waals surface area contributed by atoms with Crippen LogP contribution in [0.3, 0.4) is 0 Å². The van der Waals surface area contributed by atoms with Gasteiger partial charge in [0.05, 0.1) is 19.2 Å². The molecule has 8 nitrogen and oxygen atoms in total. The van der Waals surface area contributed by atoms with Crippen molar-refractivity contribution in [2.24, 2.45) is 0 Å². The minimum atomic E-state index is -0.607. The Balaban J connectivity index is 1.81. The monoisotopic (exact) mass is 455 g/mol. The van der Waals surface area contributed by atoms with Gasteiger partial charge in [0.25, 0.3) is 5.91 Å². The van der Waals surface area contributed by atoms with Crippen molar-refractivity contribution in [3.8, 4) is 5.75 Å². The number of nitrogens with zero attached hydrogens (tertiary/aromatic N) is 1. The van der Waals surface area contributed by atoms with Gasteiger partial charge in [-0.25, -0.2) is 4.79 Å². The van der Waals surface area contributed by atoms with E-state index in [9.17, 15) is 9.59 Å². The predicted octanol–water partition coefficient (Wildman–Crippen LogP) is 3.43. The zero-order valence-electron chi connectivity index (χ0n) is 19.8. The quantitative estimate of drug-likeness (QED) is 0.563. The van der Waals surface area contributed by atoms with E-state index < -0.39 is 17.8 Å². The van der Waals surface area contributed by atoms with Crippen LogP contribution >= 0.6 is 0 Å². The second kappa shape index (κ2) is 10.6. The Kier molecular flexibility index (Phi) is 7.81. The average molecular weight is 456 g/mol. The number of likely N-dealkylation sites (tertiary alicyclic amines) is 1. The van der Waals surface area contributed by atoms with Gasteiger partial charge in [-0.15, -0.1) is 0 Å². The zero-order valence-corrected chi connectivity index (χ0v) is 19.8. The van der Waals surface area contributed by atoms with Crippen LogP contribution in [0.1, 0.15) is 26.3 Å². The smallest absolute Gasteiger partial charge is 0.407 e. The van der Waals surface area contributed by atoms with Gasteiger partial charge in [-0.3, -0.25) is 4.79 Å². The maximum Gasteiger partial charge on any atom is 0.407 e. The van der Waals surface area contributed by atoms with Crippen LogP contribution in [0.4, 0.5) is 10.5 Å². The summed E-state index contributed by atoms with van der Waals surface area (Å²) in [5.74, 6) is 0.661. The van der Waals surface area contributed by atoms with Crippen molar-refractivity contribution < 1.29 is 23.8 Å². The van der Waals surface area contributed by atoms with Crippen LogP contribution < -0.4 is 15.4 Å². The number of rotatable bonds is 9. The molecule has 0 aliphatic carbocycles. The number of amides is 2. The summed E-state index contributed by atoms with van der Waals surface area (Å²) in [6, 6.07) is 16.7. The van der Waals surface area contributed by atoms with Gasteiger partial charge in [0.1, 0.15) is 11.4 Å². The van der Waals surface area contributed by atoms with Gasteiger partial charge in [-0.1, -0.05) is 30.3 Å². The molecule has 2 amide bonds. The van der Waals surface area contributed by atoms with Crippen molar-refractivity contribution in [1.29, 1.82) is 0 Å². The van der Waals surface area contributed by atoms with Crippen LogP contribution in [0.5, 0.6) is 5.75 Å². The largest absolute Gasteiger partial charge is 0.497 e.